The predicted molar refractivity (Wildman–Crippen MR) is 78.1 cm³/mol. The van der Waals surface area contributed by atoms with Crippen molar-refractivity contribution in [3.8, 4) is 0 Å². The molecule has 0 bridgehead atoms. The van der Waals surface area contributed by atoms with Crippen molar-refractivity contribution in [2.75, 3.05) is 6.54 Å². The van der Waals surface area contributed by atoms with Crippen LogP contribution in [0.15, 0.2) is 0 Å². The molecule has 0 saturated heterocycles. The Morgan fingerprint density at radius 3 is 2.40 bits per heavy atom. The van der Waals surface area contributed by atoms with Crippen molar-refractivity contribution in [2.45, 2.75) is 53.5 Å². The van der Waals surface area contributed by atoms with Gasteiger partial charge in [-0.15, -0.1) is 0 Å². The van der Waals surface area contributed by atoms with Crippen LogP contribution >= 0.6 is 0 Å². The van der Waals surface area contributed by atoms with E-state index in [-0.39, 0.29) is 35.7 Å². The van der Waals surface area contributed by atoms with E-state index in [1.54, 1.807) is 13.8 Å². The highest BCUT2D eigenvalue weighted by atomic mass is 16.4. The van der Waals surface area contributed by atoms with Crippen molar-refractivity contribution < 1.29 is 14.7 Å². The number of aliphatic carboxylic acids is 1. The Hall–Kier alpha value is -1.10. The minimum absolute atomic E-state index is 0.0527. The van der Waals surface area contributed by atoms with Gasteiger partial charge >= 0.3 is 5.97 Å². The van der Waals surface area contributed by atoms with Crippen molar-refractivity contribution in [3.05, 3.63) is 0 Å². The van der Waals surface area contributed by atoms with Gasteiger partial charge in [0.05, 0.1) is 5.41 Å². The molecule has 20 heavy (non-hydrogen) atoms. The second-order valence-electron chi connectivity index (χ2n) is 7.31. The molecule has 116 valence electrons. The maximum atomic E-state index is 12.4. The minimum atomic E-state index is -0.948. The third kappa shape index (κ3) is 3.32. The highest BCUT2D eigenvalue weighted by Gasteiger charge is 2.45. The molecule has 5 heteroatoms. The van der Waals surface area contributed by atoms with E-state index in [2.05, 4.69) is 26.1 Å². The average molecular weight is 284 g/mol. The number of rotatable bonds is 4. The van der Waals surface area contributed by atoms with Crippen LogP contribution < -0.4 is 11.1 Å². The van der Waals surface area contributed by atoms with Gasteiger partial charge in [-0.2, -0.15) is 0 Å². The van der Waals surface area contributed by atoms with Gasteiger partial charge in [0, 0.05) is 18.5 Å². The third-order valence-electron chi connectivity index (χ3n) is 5.10. The monoisotopic (exact) mass is 284 g/mol. The topological polar surface area (TPSA) is 92.4 Å². The smallest absolute Gasteiger partial charge is 0.310 e. The van der Waals surface area contributed by atoms with Crippen LogP contribution in [0.1, 0.15) is 47.5 Å². The Morgan fingerprint density at radius 1 is 1.35 bits per heavy atom. The first-order chi connectivity index (χ1) is 9.00. The summed E-state index contributed by atoms with van der Waals surface area (Å²) in [6, 6.07) is 0.129. The van der Waals surface area contributed by atoms with Gasteiger partial charge in [0.2, 0.25) is 5.91 Å². The lowest BCUT2D eigenvalue weighted by molar-refractivity contribution is -0.147. The summed E-state index contributed by atoms with van der Waals surface area (Å²) in [7, 11) is 0. The van der Waals surface area contributed by atoms with E-state index in [1.165, 1.54) is 0 Å². The quantitative estimate of drug-likeness (QED) is 0.731. The highest BCUT2D eigenvalue weighted by Crippen LogP contribution is 2.44. The zero-order valence-corrected chi connectivity index (χ0v) is 13.2. The molecule has 3 unspecified atom stereocenters. The molecule has 4 N–H and O–H groups in total. The predicted octanol–water partition coefficient (Wildman–Crippen LogP) is 1.61. The first-order valence-electron chi connectivity index (χ1n) is 7.27. The molecule has 1 aliphatic carbocycles. The molecule has 1 rings (SSSR count). The van der Waals surface area contributed by atoms with Crippen molar-refractivity contribution >= 4 is 11.9 Å². The van der Waals surface area contributed by atoms with E-state index in [9.17, 15) is 9.59 Å². The number of hydrogen-bond donors (Lipinski definition) is 3. The van der Waals surface area contributed by atoms with Gasteiger partial charge in [0.1, 0.15) is 0 Å². The molecule has 1 fully saturated rings. The lowest BCUT2D eigenvalue weighted by Gasteiger charge is -2.46. The van der Waals surface area contributed by atoms with Gasteiger partial charge in [0.15, 0.2) is 0 Å². The van der Waals surface area contributed by atoms with Gasteiger partial charge in [-0.05, 0) is 38.0 Å². The summed E-state index contributed by atoms with van der Waals surface area (Å²) in [6.45, 7) is 9.60. The van der Waals surface area contributed by atoms with E-state index >= 15 is 0 Å². The van der Waals surface area contributed by atoms with Crippen molar-refractivity contribution in [2.24, 2.45) is 28.4 Å². The largest absolute Gasteiger partial charge is 0.481 e. The van der Waals surface area contributed by atoms with Gasteiger partial charge < -0.3 is 16.2 Å². The number of amides is 1. The number of carboxylic acid groups (broad SMARTS) is 1. The van der Waals surface area contributed by atoms with Crippen LogP contribution in [0.3, 0.4) is 0 Å². The summed E-state index contributed by atoms with van der Waals surface area (Å²) >= 11 is 0. The fourth-order valence-electron chi connectivity index (χ4n) is 2.83. The molecule has 1 saturated carbocycles. The lowest BCUT2D eigenvalue weighted by Crippen LogP contribution is -2.52. The van der Waals surface area contributed by atoms with E-state index in [1.807, 2.05) is 0 Å². The van der Waals surface area contributed by atoms with E-state index in [4.69, 9.17) is 10.8 Å². The van der Waals surface area contributed by atoms with Gasteiger partial charge in [-0.1, -0.05) is 20.8 Å². The molecule has 0 aromatic rings. The van der Waals surface area contributed by atoms with E-state index in [0.29, 0.717) is 0 Å². The fraction of sp³-hybridized carbons (Fsp3) is 0.867. The second kappa shape index (κ2) is 5.72. The van der Waals surface area contributed by atoms with Crippen LogP contribution in [0, 0.1) is 22.7 Å². The van der Waals surface area contributed by atoms with Crippen LogP contribution in [-0.4, -0.2) is 29.6 Å². The maximum absolute atomic E-state index is 12.4. The average Bonchev–Trinajstić information content (AvgIpc) is 2.33. The molecule has 0 spiro atoms. The number of carbonyl (C=O) groups excluding carboxylic acids is 1. The molecule has 5 nitrogen and oxygen atoms in total. The van der Waals surface area contributed by atoms with Gasteiger partial charge in [-0.25, -0.2) is 0 Å². The number of carboxylic acids is 1. The number of carbonyl (C=O) groups is 2. The number of nitrogens with one attached hydrogen (secondary N) is 1. The molecule has 0 aromatic carbocycles. The van der Waals surface area contributed by atoms with Crippen LogP contribution in [-0.2, 0) is 9.59 Å². The maximum Gasteiger partial charge on any atom is 0.310 e. The number of hydrogen-bond acceptors (Lipinski definition) is 3. The van der Waals surface area contributed by atoms with Crippen LogP contribution in [0.4, 0.5) is 0 Å². The van der Waals surface area contributed by atoms with Crippen molar-refractivity contribution in [1.29, 1.82) is 0 Å². The first-order valence-corrected chi connectivity index (χ1v) is 7.27. The van der Waals surface area contributed by atoms with Crippen LogP contribution in [0.2, 0.25) is 0 Å². The molecular formula is C15H28N2O3. The van der Waals surface area contributed by atoms with Gasteiger partial charge in [-0.3, -0.25) is 9.59 Å². The molecule has 0 aliphatic heterocycles. The second-order valence-corrected chi connectivity index (χ2v) is 7.31. The first kappa shape index (κ1) is 17.0. The summed E-state index contributed by atoms with van der Waals surface area (Å²) in [5.74, 6) is -0.805. The molecule has 3 atom stereocenters. The van der Waals surface area contributed by atoms with Crippen molar-refractivity contribution in [3.63, 3.8) is 0 Å². The zero-order valence-electron chi connectivity index (χ0n) is 13.2. The Labute approximate surface area is 121 Å². The summed E-state index contributed by atoms with van der Waals surface area (Å²) in [4.78, 5) is 23.5. The van der Waals surface area contributed by atoms with Crippen molar-refractivity contribution in [1.82, 2.24) is 5.32 Å². The molecule has 0 aromatic heterocycles. The fourth-order valence-corrected chi connectivity index (χ4v) is 2.83. The molecule has 1 amide bonds. The summed E-state index contributed by atoms with van der Waals surface area (Å²) < 4.78 is 0. The third-order valence-corrected chi connectivity index (χ3v) is 5.10. The number of nitrogens with two attached hydrogens (primary N) is 1. The molecule has 1 aliphatic rings. The van der Waals surface area contributed by atoms with Crippen LogP contribution in [0.25, 0.3) is 0 Å². The Kier molecular flexibility index (Phi) is 4.85. The Bertz CT molecular complexity index is 391. The summed E-state index contributed by atoms with van der Waals surface area (Å²) in [5, 5.41) is 11.9. The molecule has 0 heterocycles. The van der Waals surface area contributed by atoms with E-state index in [0.717, 1.165) is 12.8 Å². The standard InChI is InChI=1S/C15H28N2O3/c1-9-11(16)7-6-10(15(9,4)5)12(18)17-8-14(2,3)13(19)20/h9-11H,6-8,16H2,1-5H3,(H,17,18)(H,19,20). The normalized spacial score (nSPS) is 29.8. The van der Waals surface area contributed by atoms with E-state index < -0.39 is 11.4 Å². The summed E-state index contributed by atoms with van der Waals surface area (Å²) in [6.07, 6.45) is 1.60. The highest BCUT2D eigenvalue weighted by molar-refractivity contribution is 5.81. The summed E-state index contributed by atoms with van der Waals surface area (Å²) in [5.41, 5.74) is 4.97. The SMILES string of the molecule is CC1C(N)CCC(C(=O)NCC(C)(C)C(=O)O)C1(C)C. The minimum Gasteiger partial charge on any atom is -0.481 e. The molecular weight excluding hydrogens is 256 g/mol. The molecule has 0 radical (unpaired) electrons. The Morgan fingerprint density at radius 2 is 1.90 bits per heavy atom. The zero-order chi connectivity index (χ0) is 15.7. The van der Waals surface area contributed by atoms with Crippen LogP contribution in [0.5, 0.6) is 0 Å². The lowest BCUT2D eigenvalue weighted by atomic mass is 9.61. The Balaban J connectivity index is 2.71. The van der Waals surface area contributed by atoms with Gasteiger partial charge in [0.25, 0.3) is 0 Å².